The van der Waals surface area contributed by atoms with Crippen LogP contribution in [0.4, 0.5) is 0 Å². The molecule has 1 amide bonds. The number of nitrogens with one attached hydrogen (secondary N) is 2. The summed E-state index contributed by atoms with van der Waals surface area (Å²) in [6.45, 7) is 2.29. The van der Waals surface area contributed by atoms with Crippen LogP contribution in [-0.4, -0.2) is 42.8 Å². The second-order valence-corrected chi connectivity index (χ2v) is 8.17. The molecule has 7 nitrogen and oxygen atoms in total. The molecular formula is C23H30ClN3O4. The number of hydrogen-bond acceptors (Lipinski definition) is 5. The first kappa shape index (κ1) is 23.2. The van der Waals surface area contributed by atoms with Crippen LogP contribution in [0.3, 0.4) is 0 Å². The van der Waals surface area contributed by atoms with Crippen molar-refractivity contribution in [3.05, 3.63) is 57.5 Å². The molecule has 2 saturated heterocycles. The number of nitrogens with zero attached hydrogens (tertiary/aromatic N) is 1. The van der Waals surface area contributed by atoms with Gasteiger partial charge in [-0.2, -0.15) is 0 Å². The molecule has 168 valence electrons. The Kier molecular flexibility index (Phi) is 7.28. The summed E-state index contributed by atoms with van der Waals surface area (Å²) in [4.78, 5) is 26.0. The fourth-order valence-electron chi connectivity index (χ4n) is 4.63. The van der Waals surface area contributed by atoms with Gasteiger partial charge in [0.25, 0.3) is 11.5 Å². The van der Waals surface area contributed by atoms with Gasteiger partial charge >= 0.3 is 0 Å². The molecule has 2 aliphatic rings. The molecule has 8 heteroatoms. The highest BCUT2D eigenvalue weighted by atomic mass is 35.5. The summed E-state index contributed by atoms with van der Waals surface area (Å²) in [6.07, 6.45) is 5.59. The number of amides is 1. The molecule has 31 heavy (non-hydrogen) atoms. The zero-order valence-corrected chi connectivity index (χ0v) is 19.0. The van der Waals surface area contributed by atoms with Gasteiger partial charge in [0.15, 0.2) is 11.5 Å². The van der Waals surface area contributed by atoms with E-state index in [0.29, 0.717) is 42.1 Å². The summed E-state index contributed by atoms with van der Waals surface area (Å²) >= 11 is 0. The second-order valence-electron chi connectivity index (χ2n) is 8.17. The number of hydrogen-bond donors (Lipinski definition) is 2. The second kappa shape index (κ2) is 9.75. The lowest BCUT2D eigenvalue weighted by molar-refractivity contribution is 0.0928. The molecule has 0 spiro atoms. The van der Waals surface area contributed by atoms with Crippen LogP contribution in [0.15, 0.2) is 35.3 Å². The average molecular weight is 448 g/mol. The van der Waals surface area contributed by atoms with Crippen molar-refractivity contribution in [2.24, 2.45) is 0 Å². The van der Waals surface area contributed by atoms with Crippen LogP contribution in [0.25, 0.3) is 0 Å². The molecular weight excluding hydrogens is 418 g/mol. The summed E-state index contributed by atoms with van der Waals surface area (Å²) < 4.78 is 12.2. The van der Waals surface area contributed by atoms with E-state index in [-0.39, 0.29) is 35.5 Å². The minimum absolute atomic E-state index is 0. The van der Waals surface area contributed by atoms with Crippen molar-refractivity contribution in [3.63, 3.8) is 0 Å². The quantitative estimate of drug-likeness (QED) is 0.681. The summed E-state index contributed by atoms with van der Waals surface area (Å²) in [5, 5.41) is 6.61. The Balaban J connectivity index is 0.00000272. The van der Waals surface area contributed by atoms with Crippen LogP contribution < -0.4 is 25.7 Å². The first-order chi connectivity index (χ1) is 14.5. The van der Waals surface area contributed by atoms with Crippen LogP contribution in [0.2, 0.25) is 0 Å². The number of ether oxygens (including phenoxy) is 2. The maximum Gasteiger partial charge on any atom is 0.263 e. The van der Waals surface area contributed by atoms with Gasteiger partial charge in [-0.1, -0.05) is 6.07 Å². The van der Waals surface area contributed by atoms with E-state index in [1.54, 1.807) is 25.0 Å². The van der Waals surface area contributed by atoms with Gasteiger partial charge in [-0.3, -0.25) is 9.59 Å². The number of methoxy groups -OCH3 is 2. The largest absolute Gasteiger partial charge is 0.493 e. The SMILES string of the molecule is COc1ccc(CCn2ccc(C)c(C(=O)N[C@H]3C[C@H]4CC[C@@H]3N4)c2=O)cc1OC.Cl. The van der Waals surface area contributed by atoms with Crippen molar-refractivity contribution in [2.45, 2.75) is 57.3 Å². The van der Waals surface area contributed by atoms with Crippen LogP contribution in [-0.2, 0) is 13.0 Å². The maximum atomic E-state index is 13.1. The fourth-order valence-corrected chi connectivity index (χ4v) is 4.63. The first-order valence-corrected chi connectivity index (χ1v) is 10.5. The third kappa shape index (κ3) is 4.72. The lowest BCUT2D eigenvalue weighted by atomic mass is 9.95. The van der Waals surface area contributed by atoms with Crippen LogP contribution in [0.5, 0.6) is 11.5 Å². The van der Waals surface area contributed by atoms with E-state index in [1.807, 2.05) is 31.2 Å². The van der Waals surface area contributed by atoms with Crippen molar-refractivity contribution in [1.82, 2.24) is 15.2 Å². The maximum absolute atomic E-state index is 13.1. The monoisotopic (exact) mass is 447 g/mol. The number of fused-ring (bicyclic) bond motifs is 2. The Bertz CT molecular complexity index is 1010. The highest BCUT2D eigenvalue weighted by Crippen LogP contribution is 2.29. The summed E-state index contributed by atoms with van der Waals surface area (Å²) in [5.41, 5.74) is 1.73. The standard InChI is InChI=1S/C23H29N3O4.ClH/c1-14-8-10-26(11-9-15-4-7-19(29-2)20(12-15)30-3)23(28)21(14)22(27)25-18-13-16-5-6-17(18)24-16;/h4,7-8,10,12,16-18,24H,5-6,9,11,13H2,1-3H3,(H,25,27);1H/t16-,17+,18+;/m1./s1. The smallest absolute Gasteiger partial charge is 0.263 e. The van der Waals surface area contributed by atoms with Crippen molar-refractivity contribution in [2.75, 3.05) is 14.2 Å². The van der Waals surface area contributed by atoms with Gasteiger partial charge in [-0.15, -0.1) is 12.4 Å². The predicted molar refractivity (Wildman–Crippen MR) is 122 cm³/mol. The lowest BCUT2D eigenvalue weighted by Crippen LogP contribution is -2.45. The van der Waals surface area contributed by atoms with Gasteiger partial charge < -0.3 is 24.7 Å². The van der Waals surface area contributed by atoms with E-state index in [0.717, 1.165) is 18.4 Å². The Labute approximate surface area is 188 Å². The van der Waals surface area contributed by atoms with Crippen LogP contribution >= 0.6 is 12.4 Å². The highest BCUT2D eigenvalue weighted by molar-refractivity contribution is 5.95. The molecule has 2 bridgehead atoms. The number of carbonyl (C=O) groups is 1. The van der Waals surface area contributed by atoms with Crippen molar-refractivity contribution >= 4 is 18.3 Å². The van der Waals surface area contributed by atoms with E-state index in [2.05, 4.69) is 10.6 Å². The van der Waals surface area contributed by atoms with Gasteiger partial charge in [-0.05, 0) is 61.9 Å². The van der Waals surface area contributed by atoms with E-state index < -0.39 is 0 Å². The molecule has 1 aromatic heterocycles. The number of pyridine rings is 1. The Hall–Kier alpha value is -2.51. The third-order valence-corrected chi connectivity index (χ3v) is 6.31. The lowest BCUT2D eigenvalue weighted by Gasteiger charge is -2.22. The number of aromatic nitrogens is 1. The molecule has 2 fully saturated rings. The number of benzene rings is 1. The molecule has 4 rings (SSSR count). The Morgan fingerprint density at radius 2 is 1.97 bits per heavy atom. The van der Waals surface area contributed by atoms with Crippen molar-refractivity contribution < 1.29 is 14.3 Å². The summed E-state index contributed by atoms with van der Waals surface area (Å²) in [7, 11) is 3.20. The zero-order valence-electron chi connectivity index (χ0n) is 18.1. The van der Waals surface area contributed by atoms with E-state index in [1.165, 1.54) is 6.42 Å². The Morgan fingerprint density at radius 1 is 1.19 bits per heavy atom. The summed E-state index contributed by atoms with van der Waals surface area (Å²) in [6, 6.07) is 8.49. The minimum atomic E-state index is -0.266. The third-order valence-electron chi connectivity index (χ3n) is 6.31. The van der Waals surface area contributed by atoms with Gasteiger partial charge in [-0.25, -0.2) is 0 Å². The number of halogens is 1. The minimum Gasteiger partial charge on any atom is -0.493 e. The molecule has 0 aliphatic carbocycles. The van der Waals surface area contributed by atoms with Crippen molar-refractivity contribution in [3.8, 4) is 11.5 Å². The van der Waals surface area contributed by atoms with Gasteiger partial charge in [0.2, 0.25) is 0 Å². The molecule has 1 aromatic carbocycles. The van der Waals surface area contributed by atoms with Crippen LogP contribution in [0, 0.1) is 6.92 Å². The normalized spacial score (nSPS) is 21.5. The summed E-state index contributed by atoms with van der Waals surface area (Å²) in [5.74, 6) is 1.06. The topological polar surface area (TPSA) is 81.6 Å². The van der Waals surface area contributed by atoms with Crippen LogP contribution in [0.1, 0.15) is 40.7 Å². The van der Waals surface area contributed by atoms with E-state index in [9.17, 15) is 9.59 Å². The van der Waals surface area contributed by atoms with E-state index in [4.69, 9.17) is 9.47 Å². The molecule has 3 atom stereocenters. The molecule has 3 heterocycles. The van der Waals surface area contributed by atoms with Gasteiger partial charge in [0.05, 0.1) is 14.2 Å². The molecule has 2 aliphatic heterocycles. The average Bonchev–Trinajstić information content (AvgIpc) is 3.36. The predicted octanol–water partition coefficient (Wildman–Crippen LogP) is 2.46. The molecule has 2 aromatic rings. The van der Waals surface area contributed by atoms with E-state index >= 15 is 0 Å². The molecule has 0 unspecified atom stereocenters. The molecule has 0 radical (unpaired) electrons. The first-order valence-electron chi connectivity index (χ1n) is 10.5. The molecule has 0 saturated carbocycles. The number of carbonyl (C=O) groups excluding carboxylic acids is 1. The molecule has 2 N–H and O–H groups in total. The number of aryl methyl sites for hydroxylation is 3. The van der Waals surface area contributed by atoms with Gasteiger partial charge in [0, 0.05) is 30.9 Å². The number of rotatable bonds is 7. The van der Waals surface area contributed by atoms with Gasteiger partial charge in [0.1, 0.15) is 5.56 Å². The fraction of sp³-hybridized carbons (Fsp3) is 0.478. The van der Waals surface area contributed by atoms with Crippen molar-refractivity contribution in [1.29, 1.82) is 0 Å². The zero-order chi connectivity index (χ0) is 21.3. The highest BCUT2D eigenvalue weighted by Gasteiger charge is 2.40. The Morgan fingerprint density at radius 3 is 2.61 bits per heavy atom.